The minimum absolute atomic E-state index is 0.0232. The molecule has 4 nitrogen and oxygen atoms in total. The van der Waals surface area contributed by atoms with Gasteiger partial charge in [0.05, 0.1) is 0 Å². The number of carbonyl (C=O) groups excluding carboxylic acids is 1. The molecule has 150 valence electrons. The summed E-state index contributed by atoms with van der Waals surface area (Å²) in [7, 11) is 0. The van der Waals surface area contributed by atoms with Gasteiger partial charge in [0, 0.05) is 11.1 Å². The van der Waals surface area contributed by atoms with Crippen molar-refractivity contribution in [3.8, 4) is 5.75 Å². The molecule has 0 spiro atoms. The van der Waals surface area contributed by atoms with Crippen LogP contribution in [0.2, 0.25) is 5.02 Å². The molecular formula is C23H23ClN2O2S. The number of hydrogen-bond acceptors (Lipinski definition) is 3. The molecule has 4 rings (SSSR count). The van der Waals surface area contributed by atoms with Gasteiger partial charge < -0.3 is 10.1 Å². The van der Waals surface area contributed by atoms with Gasteiger partial charge in [0.15, 0.2) is 5.11 Å². The molecular weight excluding hydrogens is 404 g/mol. The van der Waals surface area contributed by atoms with E-state index >= 15 is 0 Å². The monoisotopic (exact) mass is 426 g/mol. The fourth-order valence-electron chi connectivity index (χ4n) is 3.79. The molecule has 2 fully saturated rings. The normalized spacial score (nSPS) is 18.9. The Balaban J connectivity index is 1.39. The van der Waals surface area contributed by atoms with E-state index in [1.165, 1.54) is 6.42 Å². The number of rotatable bonds is 5. The molecule has 0 aromatic heterocycles. The largest absolute Gasteiger partial charge is 0.489 e. The van der Waals surface area contributed by atoms with Gasteiger partial charge in [-0.1, -0.05) is 55.1 Å². The lowest BCUT2D eigenvalue weighted by molar-refractivity contribution is -0.124. The Morgan fingerprint density at radius 1 is 1.07 bits per heavy atom. The number of hydrogen-bond donors (Lipinski definition) is 1. The van der Waals surface area contributed by atoms with Gasteiger partial charge >= 0.3 is 0 Å². The van der Waals surface area contributed by atoms with Crippen LogP contribution >= 0.6 is 23.8 Å². The lowest BCUT2D eigenvalue weighted by atomic mass is 9.94. The van der Waals surface area contributed by atoms with Crippen molar-refractivity contribution in [2.75, 3.05) is 0 Å². The van der Waals surface area contributed by atoms with E-state index < -0.39 is 0 Å². The predicted molar refractivity (Wildman–Crippen MR) is 120 cm³/mol. The summed E-state index contributed by atoms with van der Waals surface area (Å²) in [4.78, 5) is 14.6. The van der Waals surface area contributed by atoms with Crippen molar-refractivity contribution < 1.29 is 9.53 Å². The summed E-state index contributed by atoms with van der Waals surface area (Å²) >= 11 is 11.3. The maximum absolute atomic E-state index is 12.8. The van der Waals surface area contributed by atoms with Gasteiger partial charge in [-0.15, -0.1) is 0 Å². The summed E-state index contributed by atoms with van der Waals surface area (Å²) in [6.07, 6.45) is 7.47. The van der Waals surface area contributed by atoms with E-state index in [0.717, 1.165) is 42.6 Å². The molecule has 0 radical (unpaired) electrons. The van der Waals surface area contributed by atoms with Crippen molar-refractivity contribution in [3.05, 3.63) is 70.4 Å². The number of nitrogens with one attached hydrogen (secondary N) is 1. The molecule has 1 saturated carbocycles. The molecule has 1 saturated heterocycles. The highest BCUT2D eigenvalue weighted by Crippen LogP contribution is 2.27. The highest BCUT2D eigenvalue weighted by Gasteiger charge is 2.36. The molecule has 1 heterocycles. The van der Waals surface area contributed by atoms with Gasteiger partial charge in [-0.05, 0) is 66.5 Å². The first-order chi connectivity index (χ1) is 14.1. The fourth-order valence-corrected chi connectivity index (χ4v) is 4.26. The van der Waals surface area contributed by atoms with Crippen molar-refractivity contribution in [3.63, 3.8) is 0 Å². The Kier molecular flexibility index (Phi) is 6.16. The zero-order valence-electron chi connectivity index (χ0n) is 16.1. The fraction of sp³-hybridized carbons (Fsp3) is 0.304. The summed E-state index contributed by atoms with van der Waals surface area (Å²) in [5, 5.41) is 4.33. The number of halogens is 1. The Morgan fingerprint density at radius 2 is 1.76 bits per heavy atom. The molecule has 1 aliphatic heterocycles. The van der Waals surface area contributed by atoms with Crippen LogP contribution in [0.15, 0.2) is 54.2 Å². The molecule has 0 atom stereocenters. The molecule has 0 unspecified atom stereocenters. The standard InChI is InChI=1S/C23H23ClN2O2S/c24-18-10-6-17(7-11-18)15-28-20-12-8-16(9-13-20)14-21-22(27)26(23(29)25-21)19-4-2-1-3-5-19/h6-14,19H,1-5,15H2,(H,25,29). The zero-order chi connectivity index (χ0) is 20.2. The molecule has 29 heavy (non-hydrogen) atoms. The minimum atomic E-state index is -0.0232. The summed E-state index contributed by atoms with van der Waals surface area (Å²) < 4.78 is 5.82. The average Bonchev–Trinajstić information content (AvgIpc) is 3.02. The highest BCUT2D eigenvalue weighted by molar-refractivity contribution is 7.80. The van der Waals surface area contributed by atoms with E-state index in [1.54, 1.807) is 4.90 Å². The van der Waals surface area contributed by atoms with E-state index in [-0.39, 0.29) is 11.9 Å². The second kappa shape index (κ2) is 8.97. The van der Waals surface area contributed by atoms with Gasteiger partial charge in [0.2, 0.25) is 0 Å². The first kappa shape index (κ1) is 19.9. The Bertz CT molecular complexity index is 919. The molecule has 1 amide bonds. The first-order valence-corrected chi connectivity index (χ1v) is 10.7. The van der Waals surface area contributed by atoms with Crippen LogP contribution in [-0.4, -0.2) is 22.0 Å². The number of nitrogens with zero attached hydrogens (tertiary/aromatic N) is 1. The van der Waals surface area contributed by atoms with Crippen molar-refractivity contribution in [2.24, 2.45) is 0 Å². The molecule has 0 bridgehead atoms. The van der Waals surface area contributed by atoms with E-state index in [0.29, 0.717) is 22.4 Å². The zero-order valence-corrected chi connectivity index (χ0v) is 17.6. The topological polar surface area (TPSA) is 41.6 Å². The van der Waals surface area contributed by atoms with Crippen molar-refractivity contribution in [1.82, 2.24) is 10.2 Å². The third kappa shape index (κ3) is 4.80. The van der Waals surface area contributed by atoms with Gasteiger partial charge in [0.25, 0.3) is 5.91 Å². The number of ether oxygens (including phenoxy) is 1. The SMILES string of the molecule is O=C1C(=Cc2ccc(OCc3ccc(Cl)cc3)cc2)NC(=S)N1C1CCCCC1. The Morgan fingerprint density at radius 3 is 2.45 bits per heavy atom. The van der Waals surface area contributed by atoms with E-state index in [9.17, 15) is 4.79 Å². The van der Waals surface area contributed by atoms with E-state index in [4.69, 9.17) is 28.6 Å². The number of amides is 1. The van der Waals surface area contributed by atoms with Crippen LogP contribution in [0.5, 0.6) is 5.75 Å². The maximum atomic E-state index is 12.8. The number of benzene rings is 2. The summed E-state index contributed by atoms with van der Waals surface area (Å²) in [6, 6.07) is 15.5. The van der Waals surface area contributed by atoms with Crippen molar-refractivity contribution >= 4 is 40.9 Å². The second-order valence-electron chi connectivity index (χ2n) is 7.44. The second-order valence-corrected chi connectivity index (χ2v) is 8.26. The molecule has 1 aliphatic carbocycles. The van der Waals surface area contributed by atoms with Crippen LogP contribution in [0.4, 0.5) is 0 Å². The smallest absolute Gasteiger partial charge is 0.276 e. The van der Waals surface area contributed by atoms with E-state index in [2.05, 4.69) is 5.32 Å². The van der Waals surface area contributed by atoms with Gasteiger partial charge in [0.1, 0.15) is 18.1 Å². The molecule has 2 aliphatic rings. The third-order valence-electron chi connectivity index (χ3n) is 5.36. The Hall–Kier alpha value is -2.37. The predicted octanol–water partition coefficient (Wildman–Crippen LogP) is 5.31. The number of thiocarbonyl (C=S) groups is 1. The van der Waals surface area contributed by atoms with E-state index in [1.807, 2.05) is 54.6 Å². The van der Waals surface area contributed by atoms with Gasteiger partial charge in [-0.2, -0.15) is 0 Å². The minimum Gasteiger partial charge on any atom is -0.489 e. The average molecular weight is 427 g/mol. The van der Waals surface area contributed by atoms with Crippen LogP contribution < -0.4 is 10.1 Å². The maximum Gasteiger partial charge on any atom is 0.276 e. The highest BCUT2D eigenvalue weighted by atomic mass is 35.5. The van der Waals surface area contributed by atoms with Gasteiger partial charge in [-0.3, -0.25) is 9.69 Å². The Labute approximate surface area is 181 Å². The van der Waals surface area contributed by atoms with Crippen LogP contribution in [0.25, 0.3) is 6.08 Å². The van der Waals surface area contributed by atoms with Crippen LogP contribution in [-0.2, 0) is 11.4 Å². The van der Waals surface area contributed by atoms with Crippen molar-refractivity contribution in [1.29, 1.82) is 0 Å². The third-order valence-corrected chi connectivity index (χ3v) is 5.91. The lowest BCUT2D eigenvalue weighted by Gasteiger charge is -2.29. The summed E-state index contributed by atoms with van der Waals surface area (Å²) in [5.41, 5.74) is 2.51. The molecule has 6 heteroatoms. The van der Waals surface area contributed by atoms with Gasteiger partial charge in [-0.25, -0.2) is 0 Å². The summed E-state index contributed by atoms with van der Waals surface area (Å²) in [6.45, 7) is 0.474. The molecule has 2 aromatic carbocycles. The summed E-state index contributed by atoms with van der Waals surface area (Å²) in [5.74, 6) is 0.747. The molecule has 2 aromatic rings. The van der Waals surface area contributed by atoms with Crippen LogP contribution in [0.1, 0.15) is 43.2 Å². The van der Waals surface area contributed by atoms with Crippen LogP contribution in [0, 0.1) is 0 Å². The number of carbonyl (C=O) groups is 1. The first-order valence-electron chi connectivity index (χ1n) is 9.94. The molecule has 1 N–H and O–H groups in total. The quantitative estimate of drug-likeness (QED) is 0.519. The van der Waals surface area contributed by atoms with Crippen molar-refractivity contribution in [2.45, 2.75) is 44.8 Å². The van der Waals surface area contributed by atoms with Crippen LogP contribution in [0.3, 0.4) is 0 Å². The lowest BCUT2D eigenvalue weighted by Crippen LogP contribution is -2.41.